The van der Waals surface area contributed by atoms with Crippen molar-refractivity contribution in [1.82, 2.24) is 14.6 Å². The molecule has 1 aromatic carbocycles. The number of carbonyl (C=O) groups is 1. The summed E-state index contributed by atoms with van der Waals surface area (Å²) in [6, 6.07) is 4.93. The Balaban J connectivity index is 1.79. The maximum absolute atomic E-state index is 14.3. The fraction of sp³-hybridized carbons (Fsp3) is 0.633. The van der Waals surface area contributed by atoms with E-state index < -0.39 is 32.2 Å². The molecule has 11 heteroatoms. The van der Waals surface area contributed by atoms with Gasteiger partial charge in [0.05, 0.1) is 16.0 Å². The smallest absolute Gasteiger partial charge is 0.381 e. The van der Waals surface area contributed by atoms with E-state index in [0.717, 1.165) is 37.8 Å². The molecule has 228 valence electrons. The molecule has 2 atom stereocenters. The molecular weight excluding hydrogens is 555 g/mol. The highest BCUT2D eigenvalue weighted by molar-refractivity contribution is 7.89. The number of benzene rings is 1. The van der Waals surface area contributed by atoms with E-state index in [0.29, 0.717) is 61.4 Å². The van der Waals surface area contributed by atoms with E-state index in [2.05, 4.69) is 17.0 Å². The molecule has 1 aliphatic carbocycles. The van der Waals surface area contributed by atoms with Crippen molar-refractivity contribution >= 4 is 15.9 Å². The normalized spacial score (nSPS) is 21.2. The number of hydrogen-bond donors (Lipinski definition) is 2. The van der Waals surface area contributed by atoms with Crippen LogP contribution in [0, 0.1) is 18.8 Å². The first-order chi connectivity index (χ1) is 19.0. The van der Waals surface area contributed by atoms with Crippen LogP contribution < -0.4 is 10.0 Å². The molecule has 2 aromatic rings. The Hall–Kier alpha value is -2.37. The van der Waals surface area contributed by atoms with Crippen LogP contribution in [0.15, 0.2) is 29.2 Å². The van der Waals surface area contributed by atoms with Gasteiger partial charge in [-0.1, -0.05) is 25.8 Å². The van der Waals surface area contributed by atoms with Crippen molar-refractivity contribution in [1.29, 1.82) is 0 Å². The lowest BCUT2D eigenvalue weighted by molar-refractivity contribution is -0.139. The van der Waals surface area contributed by atoms with Crippen LogP contribution in [-0.2, 0) is 27.5 Å². The highest BCUT2D eigenvalue weighted by Gasteiger charge is 2.39. The number of halogens is 3. The van der Waals surface area contributed by atoms with Crippen LogP contribution in [0.1, 0.15) is 87.8 Å². The van der Waals surface area contributed by atoms with Gasteiger partial charge in [-0.25, -0.2) is 13.1 Å². The molecule has 0 bridgehead atoms. The van der Waals surface area contributed by atoms with E-state index >= 15 is 0 Å². The Kier molecular flexibility index (Phi) is 9.31. The van der Waals surface area contributed by atoms with Gasteiger partial charge >= 0.3 is 6.18 Å². The zero-order valence-electron chi connectivity index (χ0n) is 24.5. The number of alkyl halides is 3. The van der Waals surface area contributed by atoms with E-state index in [9.17, 15) is 26.4 Å². The van der Waals surface area contributed by atoms with E-state index in [1.807, 2.05) is 11.5 Å². The molecule has 1 saturated heterocycles. The third kappa shape index (κ3) is 7.73. The van der Waals surface area contributed by atoms with Crippen LogP contribution >= 0.6 is 0 Å². The molecule has 1 aromatic heterocycles. The molecular formula is C30H42F3N3O4S. The quantitative estimate of drug-likeness (QED) is 0.392. The first-order valence-corrected chi connectivity index (χ1v) is 15.9. The van der Waals surface area contributed by atoms with Gasteiger partial charge in [-0.3, -0.25) is 4.79 Å². The Morgan fingerprint density at radius 1 is 1.07 bits per heavy atom. The van der Waals surface area contributed by atoms with Crippen molar-refractivity contribution in [3.63, 3.8) is 0 Å². The summed E-state index contributed by atoms with van der Waals surface area (Å²) in [7, 11) is -4.45. The maximum atomic E-state index is 14.3. The second-order valence-corrected chi connectivity index (χ2v) is 14.4. The van der Waals surface area contributed by atoms with Crippen LogP contribution in [0.5, 0.6) is 0 Å². The van der Waals surface area contributed by atoms with E-state index in [4.69, 9.17) is 4.74 Å². The molecule has 0 spiro atoms. The number of nitrogens with one attached hydrogen (secondary N) is 2. The molecule has 7 nitrogen and oxygen atoms in total. The molecule has 1 aliphatic heterocycles. The molecule has 0 radical (unpaired) electrons. The minimum absolute atomic E-state index is 0.0294. The minimum atomic E-state index is -4.91. The summed E-state index contributed by atoms with van der Waals surface area (Å²) in [5.74, 6) is 0.616. The van der Waals surface area contributed by atoms with Gasteiger partial charge < -0.3 is 14.6 Å². The SMILES string of the molecule is Cc1c(C(=O)NC2CCOCC2)cc(-c2ccc(S(=O)(=O)NC(C)(C)C)c(C(F)(F)F)c2)n1CC1CCCC(C)C1. The van der Waals surface area contributed by atoms with Crippen molar-refractivity contribution in [3.05, 3.63) is 41.1 Å². The molecule has 4 rings (SSSR count). The largest absolute Gasteiger partial charge is 0.417 e. The Morgan fingerprint density at radius 3 is 2.37 bits per heavy atom. The highest BCUT2D eigenvalue weighted by Crippen LogP contribution is 2.39. The third-order valence-electron chi connectivity index (χ3n) is 7.96. The number of carbonyl (C=O) groups excluding carboxylic acids is 1. The number of amides is 1. The summed E-state index contributed by atoms with van der Waals surface area (Å²) in [5.41, 5.74) is -0.426. The van der Waals surface area contributed by atoms with Gasteiger partial charge in [0.15, 0.2) is 0 Å². The summed E-state index contributed by atoms with van der Waals surface area (Å²) < 4.78 is 78.6. The Labute approximate surface area is 241 Å². The van der Waals surface area contributed by atoms with Gasteiger partial charge in [-0.05, 0) is 89.0 Å². The van der Waals surface area contributed by atoms with E-state index in [1.165, 1.54) is 6.07 Å². The zero-order chi connectivity index (χ0) is 30.2. The van der Waals surface area contributed by atoms with Gasteiger partial charge in [-0.15, -0.1) is 0 Å². The van der Waals surface area contributed by atoms with Crippen molar-refractivity contribution in [2.45, 2.75) is 102 Å². The highest BCUT2D eigenvalue weighted by atomic mass is 32.2. The van der Waals surface area contributed by atoms with E-state index in [1.54, 1.807) is 26.8 Å². The number of aromatic nitrogens is 1. The summed E-state index contributed by atoms with van der Waals surface area (Å²) in [6.07, 6.45) is 0.743. The number of ether oxygens (including phenoxy) is 1. The lowest BCUT2D eigenvalue weighted by Crippen LogP contribution is -2.41. The van der Waals surface area contributed by atoms with Gasteiger partial charge in [0, 0.05) is 42.7 Å². The van der Waals surface area contributed by atoms with E-state index in [-0.39, 0.29) is 17.5 Å². The zero-order valence-corrected chi connectivity index (χ0v) is 25.3. The fourth-order valence-electron chi connectivity index (χ4n) is 6.04. The number of rotatable bonds is 7. The number of hydrogen-bond acceptors (Lipinski definition) is 4. The predicted molar refractivity (Wildman–Crippen MR) is 152 cm³/mol. The number of sulfonamides is 1. The van der Waals surface area contributed by atoms with Crippen molar-refractivity contribution in [2.24, 2.45) is 11.8 Å². The van der Waals surface area contributed by atoms with Gasteiger partial charge in [0.2, 0.25) is 10.0 Å². The summed E-state index contributed by atoms with van der Waals surface area (Å²) in [6.45, 7) is 10.4. The van der Waals surface area contributed by atoms with Gasteiger partial charge in [0.25, 0.3) is 5.91 Å². The predicted octanol–water partition coefficient (Wildman–Crippen LogP) is 6.29. The lowest BCUT2D eigenvalue weighted by atomic mass is 9.82. The first-order valence-electron chi connectivity index (χ1n) is 14.4. The molecule has 41 heavy (non-hydrogen) atoms. The number of nitrogens with zero attached hydrogens (tertiary/aromatic N) is 1. The molecule has 2 aliphatic rings. The minimum Gasteiger partial charge on any atom is -0.381 e. The van der Waals surface area contributed by atoms with Crippen LogP contribution in [0.2, 0.25) is 0 Å². The van der Waals surface area contributed by atoms with Crippen molar-refractivity contribution in [3.8, 4) is 11.3 Å². The molecule has 2 fully saturated rings. The van der Waals surface area contributed by atoms with Crippen molar-refractivity contribution < 1.29 is 31.1 Å². The van der Waals surface area contributed by atoms with Crippen LogP contribution in [-0.4, -0.2) is 43.7 Å². The topological polar surface area (TPSA) is 89.4 Å². The molecule has 2 N–H and O–H groups in total. The van der Waals surface area contributed by atoms with Gasteiger partial charge in [-0.2, -0.15) is 13.2 Å². The Morgan fingerprint density at radius 2 is 1.76 bits per heavy atom. The molecule has 1 amide bonds. The summed E-state index contributed by atoms with van der Waals surface area (Å²) in [5, 5.41) is 3.07. The first kappa shape index (κ1) is 31.6. The standard InChI is InChI=1S/C30H42F3N3O4S/c1-19-7-6-8-21(15-19)18-36-20(2)24(28(37)34-23-11-13-40-14-12-23)17-26(36)22-9-10-27(25(16-22)30(31,32)33)41(38,39)35-29(3,4)5/h9-10,16-17,19,21,23,35H,6-8,11-15,18H2,1-5H3,(H,34,37). The molecule has 1 saturated carbocycles. The van der Waals surface area contributed by atoms with Gasteiger partial charge in [0.1, 0.15) is 0 Å². The summed E-state index contributed by atoms with van der Waals surface area (Å²) in [4.78, 5) is 12.6. The monoisotopic (exact) mass is 597 g/mol. The maximum Gasteiger partial charge on any atom is 0.417 e. The third-order valence-corrected chi connectivity index (χ3v) is 9.78. The average molecular weight is 598 g/mol. The average Bonchev–Trinajstić information content (AvgIpc) is 3.18. The lowest BCUT2D eigenvalue weighted by Gasteiger charge is -2.28. The van der Waals surface area contributed by atoms with Crippen LogP contribution in [0.4, 0.5) is 13.2 Å². The van der Waals surface area contributed by atoms with Crippen LogP contribution in [0.25, 0.3) is 11.3 Å². The summed E-state index contributed by atoms with van der Waals surface area (Å²) >= 11 is 0. The Bertz CT molecular complexity index is 1360. The van der Waals surface area contributed by atoms with Crippen molar-refractivity contribution in [2.75, 3.05) is 13.2 Å². The fourth-order valence-corrected chi connectivity index (χ4v) is 7.67. The second-order valence-electron chi connectivity index (χ2n) is 12.7. The van der Waals surface area contributed by atoms with Crippen LogP contribution in [0.3, 0.4) is 0 Å². The molecule has 2 unspecified atom stereocenters. The second kappa shape index (κ2) is 12.1. The molecule has 2 heterocycles.